The van der Waals surface area contributed by atoms with E-state index in [-0.39, 0.29) is 12.2 Å². The van der Waals surface area contributed by atoms with Crippen molar-refractivity contribution in [2.45, 2.75) is 20.3 Å². The maximum Gasteiger partial charge on any atom is 0.372 e. The molecule has 80 valence electrons. The number of ketones is 1. The van der Waals surface area contributed by atoms with E-state index < -0.39 is 11.8 Å². The quantitative estimate of drug-likeness (QED) is 0.732. The fraction of sp³-hybridized carbons (Fsp3) is 0.273. The van der Waals surface area contributed by atoms with E-state index in [1.807, 2.05) is 0 Å². The normalized spacial score (nSPS) is 10.0. The van der Waals surface area contributed by atoms with Gasteiger partial charge in [0, 0.05) is 6.42 Å². The standard InChI is InChI=1S/C11H12O4/c1-6-3-8(12)4-7(2)9(6)5-10(13)11(14)15/h3-4,12H,5H2,1-2H3,(H,14,15). The van der Waals surface area contributed by atoms with Gasteiger partial charge < -0.3 is 10.2 Å². The van der Waals surface area contributed by atoms with E-state index in [0.717, 1.165) is 11.1 Å². The van der Waals surface area contributed by atoms with Crippen LogP contribution in [0.1, 0.15) is 16.7 Å². The van der Waals surface area contributed by atoms with Gasteiger partial charge in [0.15, 0.2) is 0 Å². The van der Waals surface area contributed by atoms with E-state index >= 15 is 0 Å². The molecule has 1 aromatic rings. The summed E-state index contributed by atoms with van der Waals surface area (Å²) in [7, 11) is 0. The zero-order valence-corrected chi connectivity index (χ0v) is 8.57. The van der Waals surface area contributed by atoms with E-state index in [1.165, 1.54) is 12.1 Å². The number of aromatic hydroxyl groups is 1. The van der Waals surface area contributed by atoms with E-state index in [2.05, 4.69) is 0 Å². The average molecular weight is 208 g/mol. The van der Waals surface area contributed by atoms with Gasteiger partial charge in [-0.25, -0.2) is 4.79 Å². The zero-order valence-electron chi connectivity index (χ0n) is 8.57. The summed E-state index contributed by atoms with van der Waals surface area (Å²) >= 11 is 0. The van der Waals surface area contributed by atoms with Gasteiger partial charge in [-0.3, -0.25) is 4.79 Å². The summed E-state index contributed by atoms with van der Waals surface area (Å²) in [6, 6.07) is 3.02. The highest BCUT2D eigenvalue weighted by molar-refractivity contribution is 6.33. The van der Waals surface area contributed by atoms with Gasteiger partial charge in [0.05, 0.1) is 0 Å². The number of hydrogen-bond acceptors (Lipinski definition) is 3. The number of phenolic OH excluding ortho intramolecular Hbond substituents is 1. The third kappa shape index (κ3) is 2.56. The lowest BCUT2D eigenvalue weighted by atomic mass is 9.98. The summed E-state index contributed by atoms with van der Waals surface area (Å²) in [5, 5.41) is 17.7. The Morgan fingerprint density at radius 3 is 2.07 bits per heavy atom. The first-order valence-corrected chi connectivity index (χ1v) is 4.47. The first kappa shape index (κ1) is 11.2. The van der Waals surface area contributed by atoms with Crippen molar-refractivity contribution >= 4 is 11.8 Å². The second-order valence-corrected chi connectivity index (χ2v) is 3.46. The molecule has 0 aromatic heterocycles. The van der Waals surface area contributed by atoms with Crippen molar-refractivity contribution in [2.24, 2.45) is 0 Å². The van der Waals surface area contributed by atoms with Crippen LogP contribution in [0.3, 0.4) is 0 Å². The number of rotatable bonds is 3. The van der Waals surface area contributed by atoms with Crippen molar-refractivity contribution in [1.29, 1.82) is 0 Å². The van der Waals surface area contributed by atoms with Crippen LogP contribution in [0, 0.1) is 13.8 Å². The van der Waals surface area contributed by atoms with Crippen LogP contribution >= 0.6 is 0 Å². The summed E-state index contributed by atoms with van der Waals surface area (Å²) in [5.41, 5.74) is 2.12. The van der Waals surface area contributed by atoms with Gasteiger partial charge in [-0.2, -0.15) is 0 Å². The first-order chi connectivity index (χ1) is 6.91. The minimum atomic E-state index is -1.43. The highest BCUT2D eigenvalue weighted by Gasteiger charge is 2.15. The molecule has 0 saturated heterocycles. The molecule has 0 radical (unpaired) electrons. The molecule has 1 rings (SSSR count). The van der Waals surface area contributed by atoms with E-state index in [0.29, 0.717) is 5.56 Å². The molecule has 2 N–H and O–H groups in total. The predicted octanol–water partition coefficient (Wildman–Crippen LogP) is 1.21. The van der Waals surface area contributed by atoms with Crippen LogP contribution in [0.15, 0.2) is 12.1 Å². The maximum atomic E-state index is 11.0. The monoisotopic (exact) mass is 208 g/mol. The Hall–Kier alpha value is -1.84. The number of Topliss-reactive ketones (excluding diaryl/α,β-unsaturated/α-hetero) is 1. The second kappa shape index (κ2) is 4.13. The molecule has 0 bridgehead atoms. The van der Waals surface area contributed by atoms with Crippen molar-refractivity contribution < 1.29 is 19.8 Å². The number of benzene rings is 1. The molecule has 0 saturated carbocycles. The molecule has 0 aliphatic heterocycles. The third-order valence-electron chi connectivity index (χ3n) is 2.26. The Bertz CT molecular complexity index is 398. The van der Waals surface area contributed by atoms with Crippen molar-refractivity contribution in [2.75, 3.05) is 0 Å². The molecule has 0 spiro atoms. The Morgan fingerprint density at radius 1 is 1.20 bits per heavy atom. The van der Waals surface area contributed by atoms with Gasteiger partial charge in [0.1, 0.15) is 5.75 Å². The van der Waals surface area contributed by atoms with E-state index in [9.17, 15) is 14.7 Å². The molecule has 4 heteroatoms. The van der Waals surface area contributed by atoms with Gasteiger partial charge in [-0.1, -0.05) is 0 Å². The molecular formula is C11H12O4. The molecule has 0 aliphatic carbocycles. The molecule has 0 heterocycles. The number of aliphatic carboxylic acids is 1. The van der Waals surface area contributed by atoms with Gasteiger partial charge in [-0.05, 0) is 42.7 Å². The van der Waals surface area contributed by atoms with Gasteiger partial charge in [0.2, 0.25) is 5.78 Å². The molecule has 0 atom stereocenters. The topological polar surface area (TPSA) is 74.6 Å². The van der Waals surface area contributed by atoms with E-state index in [4.69, 9.17) is 5.11 Å². The lowest BCUT2D eigenvalue weighted by Crippen LogP contribution is -2.16. The largest absolute Gasteiger partial charge is 0.508 e. The smallest absolute Gasteiger partial charge is 0.372 e. The zero-order chi connectivity index (χ0) is 11.6. The molecular weight excluding hydrogens is 196 g/mol. The summed E-state index contributed by atoms with van der Waals surface area (Å²) in [6.45, 7) is 3.47. The minimum absolute atomic E-state index is 0.122. The van der Waals surface area contributed by atoms with Gasteiger partial charge >= 0.3 is 5.97 Å². The highest BCUT2D eigenvalue weighted by Crippen LogP contribution is 2.21. The van der Waals surface area contributed by atoms with E-state index in [1.54, 1.807) is 13.8 Å². The Morgan fingerprint density at radius 2 is 1.67 bits per heavy atom. The number of hydrogen-bond donors (Lipinski definition) is 2. The average Bonchev–Trinajstić information content (AvgIpc) is 2.10. The van der Waals surface area contributed by atoms with Crippen molar-refractivity contribution in [1.82, 2.24) is 0 Å². The number of carbonyl (C=O) groups excluding carboxylic acids is 1. The minimum Gasteiger partial charge on any atom is -0.508 e. The number of carboxylic acid groups (broad SMARTS) is 1. The molecule has 0 aliphatic rings. The number of aryl methyl sites for hydroxylation is 2. The summed E-state index contributed by atoms with van der Waals surface area (Å²) in [4.78, 5) is 21.4. The molecule has 0 fully saturated rings. The van der Waals surface area contributed by atoms with Crippen LogP contribution in [0.2, 0.25) is 0 Å². The van der Waals surface area contributed by atoms with Crippen molar-refractivity contribution in [3.05, 3.63) is 28.8 Å². The Labute approximate surface area is 87.2 Å². The summed E-state index contributed by atoms with van der Waals surface area (Å²) in [6.07, 6.45) is -0.132. The van der Waals surface area contributed by atoms with Crippen molar-refractivity contribution in [3.8, 4) is 5.75 Å². The Kier molecular flexibility index (Phi) is 3.09. The predicted molar refractivity (Wildman–Crippen MR) is 53.9 cm³/mol. The SMILES string of the molecule is Cc1cc(O)cc(C)c1CC(=O)C(=O)O. The first-order valence-electron chi connectivity index (χ1n) is 4.47. The molecule has 4 nitrogen and oxygen atoms in total. The fourth-order valence-corrected chi connectivity index (χ4v) is 1.49. The van der Waals surface area contributed by atoms with Crippen LogP contribution in [-0.4, -0.2) is 22.0 Å². The van der Waals surface area contributed by atoms with Crippen molar-refractivity contribution in [3.63, 3.8) is 0 Å². The molecule has 0 amide bonds. The maximum absolute atomic E-state index is 11.0. The number of phenols is 1. The molecule has 15 heavy (non-hydrogen) atoms. The van der Waals surface area contributed by atoms with Crippen LogP contribution in [0.25, 0.3) is 0 Å². The van der Waals surface area contributed by atoms with Crippen LogP contribution < -0.4 is 0 Å². The van der Waals surface area contributed by atoms with Crippen LogP contribution in [0.5, 0.6) is 5.75 Å². The summed E-state index contributed by atoms with van der Waals surface area (Å²) in [5.74, 6) is -2.15. The summed E-state index contributed by atoms with van der Waals surface area (Å²) < 4.78 is 0. The fourth-order valence-electron chi connectivity index (χ4n) is 1.49. The second-order valence-electron chi connectivity index (χ2n) is 3.46. The Balaban J connectivity index is 3.05. The lowest BCUT2D eigenvalue weighted by Gasteiger charge is -2.08. The van der Waals surface area contributed by atoms with Crippen LogP contribution in [0.4, 0.5) is 0 Å². The van der Waals surface area contributed by atoms with Gasteiger partial charge in [-0.15, -0.1) is 0 Å². The third-order valence-corrected chi connectivity index (χ3v) is 2.26. The lowest BCUT2D eigenvalue weighted by molar-refractivity contribution is -0.148. The number of carbonyl (C=O) groups is 2. The number of carboxylic acids is 1. The molecule has 0 unspecified atom stereocenters. The van der Waals surface area contributed by atoms with Gasteiger partial charge in [0.25, 0.3) is 0 Å². The molecule has 1 aromatic carbocycles. The van der Waals surface area contributed by atoms with Crippen LogP contribution in [-0.2, 0) is 16.0 Å². The highest BCUT2D eigenvalue weighted by atomic mass is 16.4.